The molecule has 1 amide bonds. The molecular weight excluding hydrogens is 288 g/mol. The van der Waals surface area contributed by atoms with Crippen LogP contribution in [-0.4, -0.2) is 47.5 Å². The maximum absolute atomic E-state index is 11.7. The van der Waals surface area contributed by atoms with Crippen LogP contribution in [0.5, 0.6) is 0 Å². The molecule has 0 radical (unpaired) electrons. The molecule has 0 spiro atoms. The van der Waals surface area contributed by atoms with Crippen molar-refractivity contribution in [1.29, 1.82) is 0 Å². The number of nitrogens with zero attached hydrogens (tertiary/aromatic N) is 3. The van der Waals surface area contributed by atoms with Crippen molar-refractivity contribution in [2.75, 3.05) is 27.2 Å². The Bertz CT molecular complexity index is 631. The van der Waals surface area contributed by atoms with E-state index >= 15 is 0 Å². The largest absolute Gasteiger partial charge is 0.352 e. The highest BCUT2D eigenvalue weighted by Gasteiger charge is 2.04. The summed E-state index contributed by atoms with van der Waals surface area (Å²) in [5, 5.41) is 2.89. The molecule has 1 N–H and O–H groups in total. The van der Waals surface area contributed by atoms with E-state index in [1.807, 2.05) is 49.5 Å². The van der Waals surface area contributed by atoms with Gasteiger partial charge in [0.2, 0.25) is 5.91 Å². The van der Waals surface area contributed by atoms with Crippen LogP contribution in [0, 0.1) is 0 Å². The highest BCUT2D eigenvalue weighted by molar-refractivity contribution is 5.87. The topological polar surface area (TPSA) is 50.2 Å². The van der Waals surface area contributed by atoms with Gasteiger partial charge in [0.25, 0.3) is 0 Å². The van der Waals surface area contributed by atoms with Crippen LogP contribution in [0.25, 0.3) is 0 Å². The van der Waals surface area contributed by atoms with Gasteiger partial charge in [-0.05, 0) is 19.7 Å². The minimum Gasteiger partial charge on any atom is -0.352 e. The quantitative estimate of drug-likeness (QED) is 0.755. The summed E-state index contributed by atoms with van der Waals surface area (Å²) in [6.45, 7) is 2.14. The summed E-state index contributed by atoms with van der Waals surface area (Å²) < 4.78 is 2.11. The van der Waals surface area contributed by atoms with E-state index in [4.69, 9.17) is 0 Å². The van der Waals surface area contributed by atoms with E-state index in [1.54, 1.807) is 12.3 Å². The van der Waals surface area contributed by atoms with Gasteiger partial charge in [-0.1, -0.05) is 36.4 Å². The number of benzene rings is 1. The summed E-state index contributed by atoms with van der Waals surface area (Å²) in [6.07, 6.45) is 7.92. The first-order chi connectivity index (χ1) is 11.1. The second-order valence-corrected chi connectivity index (χ2v) is 5.66. The molecule has 5 heteroatoms. The molecule has 1 aromatic heterocycles. The zero-order valence-electron chi connectivity index (χ0n) is 13.8. The first-order valence-electron chi connectivity index (χ1n) is 7.78. The average Bonchev–Trinajstić information content (AvgIpc) is 2.95. The van der Waals surface area contributed by atoms with Gasteiger partial charge in [-0.25, -0.2) is 4.98 Å². The summed E-state index contributed by atoms with van der Waals surface area (Å²) in [4.78, 5) is 18.1. The molecule has 2 aromatic rings. The lowest BCUT2D eigenvalue weighted by atomic mass is 10.2. The van der Waals surface area contributed by atoms with E-state index in [2.05, 4.69) is 27.0 Å². The lowest BCUT2D eigenvalue weighted by molar-refractivity contribution is -0.116. The summed E-state index contributed by atoms with van der Waals surface area (Å²) in [6, 6.07) is 10.3. The fourth-order valence-corrected chi connectivity index (χ4v) is 2.22. The highest BCUT2D eigenvalue weighted by Crippen LogP contribution is 2.05. The zero-order valence-corrected chi connectivity index (χ0v) is 13.8. The fourth-order valence-electron chi connectivity index (χ4n) is 2.22. The molecule has 0 fully saturated rings. The van der Waals surface area contributed by atoms with Crippen molar-refractivity contribution < 1.29 is 4.79 Å². The predicted molar refractivity (Wildman–Crippen MR) is 92.2 cm³/mol. The van der Waals surface area contributed by atoms with E-state index in [0.717, 1.165) is 18.9 Å². The number of carbonyl (C=O) groups is 1. The molecular formula is C18H24N4O. The number of likely N-dealkylation sites (N-methyl/N-ethyl adjacent to an activating group) is 1. The number of imidazole rings is 1. The molecule has 23 heavy (non-hydrogen) atoms. The van der Waals surface area contributed by atoms with Crippen LogP contribution in [0.3, 0.4) is 0 Å². The Hall–Kier alpha value is -2.40. The second kappa shape index (κ2) is 8.90. The third-order valence-electron chi connectivity index (χ3n) is 3.39. The van der Waals surface area contributed by atoms with Crippen LogP contribution >= 0.6 is 0 Å². The Balaban J connectivity index is 1.79. The van der Waals surface area contributed by atoms with Gasteiger partial charge in [0.15, 0.2) is 0 Å². The Labute approximate surface area is 137 Å². The van der Waals surface area contributed by atoms with Crippen molar-refractivity contribution in [2.45, 2.75) is 13.0 Å². The number of nitrogens with one attached hydrogen (secondary N) is 1. The van der Waals surface area contributed by atoms with Gasteiger partial charge in [-0.2, -0.15) is 0 Å². The van der Waals surface area contributed by atoms with Crippen molar-refractivity contribution in [3.63, 3.8) is 0 Å². The highest BCUT2D eigenvalue weighted by atomic mass is 16.1. The molecule has 0 aliphatic heterocycles. The van der Waals surface area contributed by atoms with Gasteiger partial charge in [-0.3, -0.25) is 4.79 Å². The number of rotatable bonds is 8. The number of hydrogen-bond acceptors (Lipinski definition) is 3. The van der Waals surface area contributed by atoms with E-state index in [0.29, 0.717) is 13.0 Å². The molecule has 0 aliphatic carbocycles. The normalized spacial score (nSPS) is 11.3. The minimum absolute atomic E-state index is 0.0620. The van der Waals surface area contributed by atoms with Crippen molar-refractivity contribution >= 4 is 5.91 Å². The average molecular weight is 312 g/mol. The standard InChI is InChI=1S/C18H24N4O/c1-21(2)13-6-9-18(23)20-11-10-17-19-12-14-22(17)15-16-7-4-3-5-8-16/h3-9,12,14H,10-11,13,15H2,1-2H3,(H,20,23)/b9-6+. The molecule has 0 aliphatic rings. The third-order valence-corrected chi connectivity index (χ3v) is 3.39. The van der Waals surface area contributed by atoms with Crippen LogP contribution in [-0.2, 0) is 17.8 Å². The van der Waals surface area contributed by atoms with Crippen molar-refractivity contribution in [2.24, 2.45) is 0 Å². The maximum Gasteiger partial charge on any atom is 0.243 e. The second-order valence-electron chi connectivity index (χ2n) is 5.66. The van der Waals surface area contributed by atoms with Gasteiger partial charge in [0, 0.05) is 44.5 Å². The van der Waals surface area contributed by atoms with E-state index in [9.17, 15) is 4.79 Å². The predicted octanol–water partition coefficient (Wildman–Crippen LogP) is 1.71. The number of carbonyl (C=O) groups excluding carboxylic acids is 1. The minimum atomic E-state index is -0.0620. The van der Waals surface area contributed by atoms with Gasteiger partial charge < -0.3 is 14.8 Å². The van der Waals surface area contributed by atoms with Crippen molar-refractivity contribution in [1.82, 2.24) is 19.8 Å². The fraction of sp³-hybridized carbons (Fsp3) is 0.333. The van der Waals surface area contributed by atoms with Crippen LogP contribution in [0.2, 0.25) is 0 Å². The van der Waals surface area contributed by atoms with Crippen molar-refractivity contribution in [3.8, 4) is 0 Å². The molecule has 1 aromatic carbocycles. The van der Waals surface area contributed by atoms with Crippen LogP contribution < -0.4 is 5.32 Å². The van der Waals surface area contributed by atoms with Crippen LogP contribution in [0.1, 0.15) is 11.4 Å². The molecule has 0 saturated carbocycles. The van der Waals surface area contributed by atoms with Gasteiger partial charge in [-0.15, -0.1) is 0 Å². The lowest BCUT2D eigenvalue weighted by Gasteiger charge is -2.08. The van der Waals surface area contributed by atoms with E-state index < -0.39 is 0 Å². The summed E-state index contributed by atoms with van der Waals surface area (Å²) in [5.74, 6) is 0.916. The van der Waals surface area contributed by atoms with Crippen molar-refractivity contribution in [3.05, 3.63) is 66.3 Å². The summed E-state index contributed by atoms with van der Waals surface area (Å²) in [7, 11) is 3.93. The van der Waals surface area contributed by atoms with Gasteiger partial charge >= 0.3 is 0 Å². The van der Waals surface area contributed by atoms with E-state index in [1.165, 1.54) is 5.56 Å². The molecule has 0 unspecified atom stereocenters. The SMILES string of the molecule is CN(C)C/C=C/C(=O)NCCc1nccn1Cc1ccccc1. The summed E-state index contributed by atoms with van der Waals surface area (Å²) >= 11 is 0. The molecule has 0 bridgehead atoms. The van der Waals surface area contributed by atoms with Gasteiger partial charge in [0.05, 0.1) is 0 Å². The number of amides is 1. The molecule has 122 valence electrons. The Morgan fingerprint density at radius 3 is 2.83 bits per heavy atom. The van der Waals surface area contributed by atoms with Crippen LogP contribution in [0.15, 0.2) is 54.9 Å². The Morgan fingerprint density at radius 2 is 2.09 bits per heavy atom. The zero-order chi connectivity index (χ0) is 16.5. The molecule has 5 nitrogen and oxygen atoms in total. The molecule has 2 rings (SSSR count). The molecule has 1 heterocycles. The number of hydrogen-bond donors (Lipinski definition) is 1. The van der Waals surface area contributed by atoms with Crippen LogP contribution in [0.4, 0.5) is 0 Å². The summed E-state index contributed by atoms with van der Waals surface area (Å²) in [5.41, 5.74) is 1.24. The Kier molecular flexibility index (Phi) is 6.56. The number of aromatic nitrogens is 2. The molecule has 0 saturated heterocycles. The Morgan fingerprint density at radius 1 is 1.30 bits per heavy atom. The monoisotopic (exact) mass is 312 g/mol. The van der Waals surface area contributed by atoms with E-state index in [-0.39, 0.29) is 5.91 Å². The van der Waals surface area contributed by atoms with Gasteiger partial charge in [0.1, 0.15) is 5.82 Å². The molecule has 0 atom stereocenters. The smallest absolute Gasteiger partial charge is 0.243 e. The first-order valence-corrected chi connectivity index (χ1v) is 7.78. The lowest BCUT2D eigenvalue weighted by Crippen LogP contribution is -2.25. The third kappa shape index (κ3) is 6.08. The maximum atomic E-state index is 11.7. The first kappa shape index (κ1) is 17.0.